The molecule has 0 atom stereocenters. The summed E-state index contributed by atoms with van der Waals surface area (Å²) < 4.78 is 20.0. The summed E-state index contributed by atoms with van der Waals surface area (Å²) in [4.78, 5) is 29.2. The Morgan fingerprint density at radius 1 is 1.08 bits per heavy atom. The number of nitrogens with zero attached hydrogens (tertiary/aromatic N) is 2. The van der Waals surface area contributed by atoms with E-state index in [1.807, 2.05) is 6.07 Å². The van der Waals surface area contributed by atoms with Crippen molar-refractivity contribution in [2.24, 2.45) is 0 Å². The van der Waals surface area contributed by atoms with E-state index in [1.165, 1.54) is 23.1 Å². The molecule has 0 radical (unpaired) electrons. The molecule has 37 heavy (non-hydrogen) atoms. The lowest BCUT2D eigenvalue weighted by Gasteiger charge is -2.33. The molecule has 0 bridgehead atoms. The second-order valence-electron chi connectivity index (χ2n) is 8.44. The third-order valence-corrected chi connectivity index (χ3v) is 6.75. The van der Waals surface area contributed by atoms with Gasteiger partial charge in [0, 0.05) is 42.8 Å². The Hall–Kier alpha value is -3.17. The average Bonchev–Trinajstić information content (AvgIpc) is 2.91. The van der Waals surface area contributed by atoms with Crippen molar-refractivity contribution in [3.05, 3.63) is 81.6 Å². The molecule has 2 amide bonds. The first kappa shape index (κ1) is 26.9. The zero-order chi connectivity index (χ0) is 26.5. The topological polar surface area (TPSA) is 82.1 Å². The maximum Gasteiger partial charge on any atom is 0.262 e. The normalized spacial score (nSPS) is 13.4. The number of hydrogen-bond acceptors (Lipinski definition) is 5. The van der Waals surface area contributed by atoms with E-state index in [1.54, 1.807) is 37.4 Å². The van der Waals surface area contributed by atoms with Crippen LogP contribution in [0.25, 0.3) is 11.1 Å². The number of aliphatic hydroxyl groups is 1. The summed E-state index contributed by atoms with van der Waals surface area (Å²) in [7, 11) is 1.57. The number of carbonyl (C=O) groups excluding carboxylic acids is 2. The molecule has 1 heterocycles. The van der Waals surface area contributed by atoms with Crippen LogP contribution in [-0.4, -0.2) is 63.4 Å². The number of halogens is 3. The molecule has 0 spiro atoms. The first-order chi connectivity index (χ1) is 17.8. The zero-order valence-electron chi connectivity index (χ0n) is 20.1. The Kier molecular flexibility index (Phi) is 8.66. The van der Waals surface area contributed by atoms with Gasteiger partial charge >= 0.3 is 0 Å². The van der Waals surface area contributed by atoms with Crippen molar-refractivity contribution < 1.29 is 23.8 Å². The fourth-order valence-corrected chi connectivity index (χ4v) is 4.64. The van der Waals surface area contributed by atoms with Gasteiger partial charge in [-0.1, -0.05) is 35.3 Å². The summed E-state index contributed by atoms with van der Waals surface area (Å²) in [6.45, 7) is 2.19. The van der Waals surface area contributed by atoms with Crippen LogP contribution < -0.4 is 15.1 Å². The van der Waals surface area contributed by atoms with Gasteiger partial charge in [0.2, 0.25) is 0 Å². The van der Waals surface area contributed by atoms with E-state index in [0.717, 1.165) is 11.3 Å². The van der Waals surface area contributed by atoms with Crippen molar-refractivity contribution in [3.63, 3.8) is 0 Å². The Morgan fingerprint density at radius 3 is 2.54 bits per heavy atom. The molecule has 10 heteroatoms. The summed E-state index contributed by atoms with van der Waals surface area (Å²) in [5, 5.41) is 12.1. The third kappa shape index (κ3) is 5.88. The predicted octanol–water partition coefficient (Wildman–Crippen LogP) is 4.63. The van der Waals surface area contributed by atoms with Gasteiger partial charge in [-0.15, -0.1) is 0 Å². The van der Waals surface area contributed by atoms with Gasteiger partial charge in [-0.05, 0) is 48.0 Å². The minimum absolute atomic E-state index is 0.0319. The molecule has 4 rings (SSSR count). The summed E-state index contributed by atoms with van der Waals surface area (Å²) in [5.41, 5.74) is 2.85. The molecule has 1 fully saturated rings. The number of rotatable bonds is 7. The van der Waals surface area contributed by atoms with Gasteiger partial charge < -0.3 is 25.0 Å². The molecule has 3 aromatic rings. The quantitative estimate of drug-likeness (QED) is 0.452. The molecule has 0 aliphatic carbocycles. The fourth-order valence-electron chi connectivity index (χ4n) is 4.17. The van der Waals surface area contributed by atoms with Crippen LogP contribution >= 0.6 is 23.2 Å². The molecule has 0 saturated carbocycles. The average molecular weight is 546 g/mol. The summed E-state index contributed by atoms with van der Waals surface area (Å²) in [6.07, 6.45) is 0. The second-order valence-corrected chi connectivity index (χ2v) is 9.25. The first-order valence-electron chi connectivity index (χ1n) is 11.7. The van der Waals surface area contributed by atoms with Crippen molar-refractivity contribution in [2.45, 2.75) is 0 Å². The van der Waals surface area contributed by atoms with Crippen LogP contribution in [-0.2, 0) is 4.74 Å². The molecular formula is C27H26Cl2FN3O4. The summed E-state index contributed by atoms with van der Waals surface area (Å²) in [5.74, 6) is -1.60. The minimum atomic E-state index is -0.697. The largest absolute Gasteiger partial charge is 0.395 e. The van der Waals surface area contributed by atoms with E-state index in [2.05, 4.69) is 10.2 Å². The number of carbonyl (C=O) groups is 2. The molecular weight excluding hydrogens is 520 g/mol. The highest BCUT2D eigenvalue weighted by molar-refractivity contribution is 6.35. The predicted molar refractivity (Wildman–Crippen MR) is 143 cm³/mol. The Bertz CT molecular complexity index is 1290. The molecule has 0 aromatic heterocycles. The van der Waals surface area contributed by atoms with Crippen molar-refractivity contribution in [2.75, 3.05) is 56.3 Å². The molecule has 3 aromatic carbocycles. The maximum absolute atomic E-state index is 14.5. The number of amides is 2. The van der Waals surface area contributed by atoms with Gasteiger partial charge in [0.15, 0.2) is 0 Å². The number of benzene rings is 3. The van der Waals surface area contributed by atoms with E-state index in [4.69, 9.17) is 33.0 Å². The minimum Gasteiger partial charge on any atom is -0.395 e. The number of nitrogens with one attached hydrogen (secondary N) is 1. The van der Waals surface area contributed by atoms with E-state index in [0.29, 0.717) is 48.1 Å². The van der Waals surface area contributed by atoms with Crippen LogP contribution in [0.3, 0.4) is 0 Å². The second kappa shape index (κ2) is 11.9. The molecule has 1 aliphatic rings. The highest BCUT2D eigenvalue weighted by atomic mass is 35.5. The van der Waals surface area contributed by atoms with Crippen LogP contribution in [0.5, 0.6) is 0 Å². The highest BCUT2D eigenvalue weighted by Crippen LogP contribution is 2.38. The number of morpholine rings is 1. The number of ether oxygens (including phenoxy) is 1. The summed E-state index contributed by atoms with van der Waals surface area (Å²) in [6, 6.07) is 14.5. The number of hydrogen-bond donors (Lipinski definition) is 2. The Balaban J connectivity index is 1.77. The van der Waals surface area contributed by atoms with Gasteiger partial charge in [-0.2, -0.15) is 0 Å². The van der Waals surface area contributed by atoms with Gasteiger partial charge in [-0.3, -0.25) is 9.59 Å². The number of aliphatic hydroxyl groups excluding tert-OH is 1. The van der Waals surface area contributed by atoms with Crippen LogP contribution in [0.15, 0.2) is 54.6 Å². The van der Waals surface area contributed by atoms with E-state index >= 15 is 0 Å². The third-order valence-electron chi connectivity index (χ3n) is 6.11. The van der Waals surface area contributed by atoms with Gasteiger partial charge in [0.1, 0.15) is 5.82 Å². The zero-order valence-corrected chi connectivity index (χ0v) is 21.7. The van der Waals surface area contributed by atoms with E-state index < -0.39 is 11.7 Å². The van der Waals surface area contributed by atoms with Crippen molar-refractivity contribution in [1.82, 2.24) is 5.32 Å². The van der Waals surface area contributed by atoms with E-state index in [9.17, 15) is 14.0 Å². The monoisotopic (exact) mass is 545 g/mol. The lowest BCUT2D eigenvalue weighted by molar-refractivity contribution is 0.0943. The van der Waals surface area contributed by atoms with Crippen molar-refractivity contribution in [3.8, 4) is 11.1 Å². The van der Waals surface area contributed by atoms with Crippen LogP contribution in [0.2, 0.25) is 10.0 Å². The first-order valence-corrected chi connectivity index (χ1v) is 12.4. The standard InChI is InChI=1S/C27H26Cl2FN3O4/c1-32(27(36)25-21(29)3-2-4-22(25)30)23-8-6-17(16-24(23)33-10-13-37-14-11-33)19-15-18(5-7-20(19)28)26(35)31-9-12-34/h2-8,15-16,34H,9-14H2,1H3,(H,31,35). The van der Waals surface area contributed by atoms with Gasteiger partial charge in [0.05, 0.1) is 41.8 Å². The van der Waals surface area contributed by atoms with Crippen LogP contribution in [0, 0.1) is 5.82 Å². The maximum atomic E-state index is 14.5. The molecule has 2 N–H and O–H groups in total. The van der Waals surface area contributed by atoms with Crippen LogP contribution in [0.1, 0.15) is 20.7 Å². The molecule has 194 valence electrons. The molecule has 0 unspecified atom stereocenters. The number of anilines is 2. The Labute approximate surface area is 224 Å². The SMILES string of the molecule is CN(C(=O)c1c(F)cccc1Cl)c1ccc(-c2cc(C(=O)NCCO)ccc2Cl)cc1N1CCOCC1. The Morgan fingerprint density at radius 2 is 1.84 bits per heavy atom. The van der Waals surface area contributed by atoms with Gasteiger partial charge in [0.25, 0.3) is 11.8 Å². The smallest absolute Gasteiger partial charge is 0.262 e. The van der Waals surface area contributed by atoms with Crippen LogP contribution in [0.4, 0.5) is 15.8 Å². The molecule has 7 nitrogen and oxygen atoms in total. The van der Waals surface area contributed by atoms with Crippen molar-refractivity contribution in [1.29, 1.82) is 0 Å². The lowest BCUT2D eigenvalue weighted by atomic mass is 10.0. The highest BCUT2D eigenvalue weighted by Gasteiger charge is 2.25. The van der Waals surface area contributed by atoms with Crippen molar-refractivity contribution >= 4 is 46.4 Å². The van der Waals surface area contributed by atoms with Gasteiger partial charge in [-0.25, -0.2) is 4.39 Å². The lowest BCUT2D eigenvalue weighted by Crippen LogP contribution is -2.38. The molecule has 1 aliphatic heterocycles. The summed E-state index contributed by atoms with van der Waals surface area (Å²) >= 11 is 12.7. The molecule has 1 saturated heterocycles. The fraction of sp³-hybridized carbons (Fsp3) is 0.259. The van der Waals surface area contributed by atoms with E-state index in [-0.39, 0.29) is 29.6 Å².